The number of carbonyl (C=O) groups excluding carboxylic acids is 1. The van der Waals surface area contributed by atoms with Gasteiger partial charge in [-0.25, -0.2) is 0 Å². The van der Waals surface area contributed by atoms with E-state index < -0.39 is 0 Å². The van der Waals surface area contributed by atoms with Gasteiger partial charge in [-0.3, -0.25) is 9.69 Å². The molecule has 0 saturated carbocycles. The minimum absolute atomic E-state index is 0.0709. The molecule has 0 aromatic heterocycles. The molecule has 0 spiro atoms. The zero-order valence-corrected chi connectivity index (χ0v) is 10.2. The molecule has 0 fully saturated rings. The highest BCUT2D eigenvalue weighted by Gasteiger charge is 2.11. The van der Waals surface area contributed by atoms with Crippen LogP contribution in [-0.2, 0) is 11.3 Å². The van der Waals surface area contributed by atoms with Crippen molar-refractivity contribution in [2.45, 2.75) is 19.5 Å². The Bertz CT molecular complexity index is 397. The van der Waals surface area contributed by atoms with Crippen LogP contribution in [0, 0.1) is 11.3 Å². The summed E-state index contributed by atoms with van der Waals surface area (Å²) < 4.78 is 0. The molecule has 1 amide bonds. The number of hydrogen-bond acceptors (Lipinski definition) is 3. The minimum Gasteiger partial charge on any atom is -0.351 e. The van der Waals surface area contributed by atoms with Crippen LogP contribution in [0.4, 0.5) is 0 Å². The fraction of sp³-hybridized carbons (Fsp3) is 0.385. The van der Waals surface area contributed by atoms with Crippen molar-refractivity contribution in [1.29, 1.82) is 5.26 Å². The highest BCUT2D eigenvalue weighted by atomic mass is 16.2. The van der Waals surface area contributed by atoms with E-state index in [9.17, 15) is 4.79 Å². The van der Waals surface area contributed by atoms with Crippen LogP contribution in [0.1, 0.15) is 12.5 Å². The average molecular weight is 231 g/mol. The van der Waals surface area contributed by atoms with Gasteiger partial charge in [-0.05, 0) is 19.5 Å². The molecular formula is C13H17N3O. The van der Waals surface area contributed by atoms with Crippen molar-refractivity contribution in [3.05, 3.63) is 35.9 Å². The number of rotatable bonds is 5. The lowest BCUT2D eigenvalue weighted by Crippen LogP contribution is -2.38. The maximum absolute atomic E-state index is 11.6. The van der Waals surface area contributed by atoms with Crippen LogP contribution in [0.15, 0.2) is 30.3 Å². The quantitative estimate of drug-likeness (QED) is 0.827. The molecule has 1 atom stereocenters. The monoisotopic (exact) mass is 231 g/mol. The highest BCUT2D eigenvalue weighted by molar-refractivity contribution is 5.78. The Balaban J connectivity index is 2.34. The van der Waals surface area contributed by atoms with Crippen LogP contribution in [-0.4, -0.2) is 30.4 Å². The molecule has 17 heavy (non-hydrogen) atoms. The molecule has 4 nitrogen and oxygen atoms in total. The third-order valence-electron chi connectivity index (χ3n) is 2.57. The molecule has 0 aliphatic rings. The SMILES string of the molecule is CC(C#N)N(C)CC(=O)NCc1ccccc1. The van der Waals surface area contributed by atoms with E-state index >= 15 is 0 Å². The van der Waals surface area contributed by atoms with Crippen LogP contribution >= 0.6 is 0 Å². The van der Waals surface area contributed by atoms with E-state index in [1.807, 2.05) is 30.3 Å². The van der Waals surface area contributed by atoms with Crippen molar-refractivity contribution in [2.24, 2.45) is 0 Å². The molecule has 0 aliphatic heterocycles. The van der Waals surface area contributed by atoms with Gasteiger partial charge in [0.25, 0.3) is 0 Å². The van der Waals surface area contributed by atoms with E-state index in [-0.39, 0.29) is 18.5 Å². The topological polar surface area (TPSA) is 56.1 Å². The first-order valence-electron chi connectivity index (χ1n) is 5.54. The molecule has 90 valence electrons. The predicted molar refractivity (Wildman–Crippen MR) is 66.0 cm³/mol. The molecule has 0 heterocycles. The van der Waals surface area contributed by atoms with E-state index in [1.54, 1.807) is 18.9 Å². The summed E-state index contributed by atoms with van der Waals surface area (Å²) in [6.07, 6.45) is 0. The molecule has 0 radical (unpaired) electrons. The summed E-state index contributed by atoms with van der Waals surface area (Å²) in [7, 11) is 1.76. The number of nitrogens with zero attached hydrogens (tertiary/aromatic N) is 2. The summed E-state index contributed by atoms with van der Waals surface area (Å²) in [5.41, 5.74) is 1.07. The van der Waals surface area contributed by atoms with Crippen molar-refractivity contribution in [2.75, 3.05) is 13.6 Å². The summed E-state index contributed by atoms with van der Waals surface area (Å²) in [5.74, 6) is -0.0709. The van der Waals surface area contributed by atoms with Crippen molar-refractivity contribution in [3.63, 3.8) is 0 Å². The van der Waals surface area contributed by atoms with Gasteiger partial charge in [0.15, 0.2) is 0 Å². The Hall–Kier alpha value is -1.86. The van der Waals surface area contributed by atoms with Crippen molar-refractivity contribution < 1.29 is 4.79 Å². The van der Waals surface area contributed by atoms with Crippen LogP contribution in [0.5, 0.6) is 0 Å². The number of likely N-dealkylation sites (N-methyl/N-ethyl adjacent to an activating group) is 1. The lowest BCUT2D eigenvalue weighted by molar-refractivity contribution is -0.122. The first-order valence-corrected chi connectivity index (χ1v) is 5.54. The van der Waals surface area contributed by atoms with Gasteiger partial charge in [0.1, 0.15) is 0 Å². The number of carbonyl (C=O) groups is 1. The van der Waals surface area contributed by atoms with Crippen LogP contribution in [0.2, 0.25) is 0 Å². The summed E-state index contributed by atoms with van der Waals surface area (Å²) >= 11 is 0. The number of benzene rings is 1. The molecule has 0 saturated heterocycles. The van der Waals surface area contributed by atoms with Gasteiger partial charge in [-0.15, -0.1) is 0 Å². The molecule has 0 aliphatic carbocycles. The second-order valence-corrected chi connectivity index (χ2v) is 3.98. The standard InChI is InChI=1S/C13H17N3O/c1-11(8-14)16(2)10-13(17)15-9-12-6-4-3-5-7-12/h3-7,11H,9-10H2,1-2H3,(H,15,17). The molecule has 1 aromatic carbocycles. The second kappa shape index (κ2) is 6.66. The smallest absolute Gasteiger partial charge is 0.234 e. The highest BCUT2D eigenvalue weighted by Crippen LogP contribution is 1.97. The average Bonchev–Trinajstić information content (AvgIpc) is 2.36. The third-order valence-corrected chi connectivity index (χ3v) is 2.57. The number of hydrogen-bond donors (Lipinski definition) is 1. The fourth-order valence-electron chi connectivity index (χ4n) is 1.31. The number of nitriles is 1. The van der Waals surface area contributed by atoms with Gasteiger partial charge in [0, 0.05) is 6.54 Å². The van der Waals surface area contributed by atoms with Gasteiger partial charge >= 0.3 is 0 Å². The third kappa shape index (κ3) is 4.66. The van der Waals surface area contributed by atoms with Gasteiger partial charge in [0.2, 0.25) is 5.91 Å². The largest absolute Gasteiger partial charge is 0.351 e. The Kier molecular flexibility index (Phi) is 5.18. The van der Waals surface area contributed by atoms with Crippen LogP contribution < -0.4 is 5.32 Å². The summed E-state index contributed by atoms with van der Waals surface area (Å²) in [4.78, 5) is 13.3. The van der Waals surface area contributed by atoms with Crippen LogP contribution in [0.3, 0.4) is 0 Å². The Labute approximate surface area is 102 Å². The van der Waals surface area contributed by atoms with E-state index in [2.05, 4.69) is 11.4 Å². The molecule has 1 N–H and O–H groups in total. The van der Waals surface area contributed by atoms with E-state index in [0.717, 1.165) is 5.56 Å². The Morgan fingerprint density at radius 1 is 1.47 bits per heavy atom. The fourth-order valence-corrected chi connectivity index (χ4v) is 1.31. The molecular weight excluding hydrogens is 214 g/mol. The van der Waals surface area contributed by atoms with E-state index in [0.29, 0.717) is 6.54 Å². The zero-order chi connectivity index (χ0) is 12.7. The Morgan fingerprint density at radius 2 is 2.12 bits per heavy atom. The lowest BCUT2D eigenvalue weighted by atomic mass is 10.2. The van der Waals surface area contributed by atoms with Gasteiger partial charge in [-0.1, -0.05) is 30.3 Å². The molecule has 1 unspecified atom stereocenters. The van der Waals surface area contributed by atoms with Gasteiger partial charge in [-0.2, -0.15) is 5.26 Å². The lowest BCUT2D eigenvalue weighted by Gasteiger charge is -2.18. The molecule has 1 rings (SSSR count). The molecule has 1 aromatic rings. The van der Waals surface area contributed by atoms with E-state index in [4.69, 9.17) is 5.26 Å². The van der Waals surface area contributed by atoms with Crippen molar-refractivity contribution in [1.82, 2.24) is 10.2 Å². The first-order chi connectivity index (χ1) is 8.13. The second-order valence-electron chi connectivity index (χ2n) is 3.98. The minimum atomic E-state index is -0.252. The van der Waals surface area contributed by atoms with Crippen LogP contribution in [0.25, 0.3) is 0 Å². The number of amides is 1. The summed E-state index contributed by atoms with van der Waals surface area (Å²) in [5, 5.41) is 11.5. The van der Waals surface area contributed by atoms with E-state index in [1.165, 1.54) is 0 Å². The van der Waals surface area contributed by atoms with Gasteiger partial charge in [0.05, 0.1) is 18.7 Å². The van der Waals surface area contributed by atoms with Crippen molar-refractivity contribution in [3.8, 4) is 6.07 Å². The first kappa shape index (κ1) is 13.2. The maximum atomic E-state index is 11.6. The van der Waals surface area contributed by atoms with Crippen molar-refractivity contribution >= 4 is 5.91 Å². The Morgan fingerprint density at radius 3 is 2.71 bits per heavy atom. The summed E-state index contributed by atoms with van der Waals surface area (Å²) in [6.45, 7) is 2.53. The number of nitrogens with one attached hydrogen (secondary N) is 1. The maximum Gasteiger partial charge on any atom is 0.234 e. The predicted octanol–water partition coefficient (Wildman–Crippen LogP) is 1.15. The molecule has 0 bridgehead atoms. The van der Waals surface area contributed by atoms with Gasteiger partial charge < -0.3 is 5.32 Å². The molecule has 4 heteroatoms. The zero-order valence-electron chi connectivity index (χ0n) is 10.2. The summed E-state index contributed by atoms with van der Waals surface area (Å²) in [6, 6.07) is 11.6. The normalized spacial score (nSPS) is 11.9.